The Morgan fingerprint density at radius 2 is 1.56 bits per heavy atom. The molecule has 2 saturated heterocycles. The van der Waals surface area contributed by atoms with Gasteiger partial charge in [0.1, 0.15) is 5.03 Å². The van der Waals surface area contributed by atoms with Crippen LogP contribution in [-0.2, 0) is 19.6 Å². The summed E-state index contributed by atoms with van der Waals surface area (Å²) in [7, 11) is -3.62. The van der Waals surface area contributed by atoms with Gasteiger partial charge in [-0.05, 0) is 36.4 Å². The van der Waals surface area contributed by atoms with Crippen LogP contribution >= 0.6 is 23.4 Å². The molecule has 0 spiro atoms. The van der Waals surface area contributed by atoms with Crippen molar-refractivity contribution >= 4 is 56.1 Å². The molecular weight excluding hydrogens is 522 g/mol. The highest BCUT2D eigenvalue weighted by Gasteiger charge is 2.30. The number of para-hydroxylation sites is 2. The number of amides is 1. The Labute approximate surface area is 219 Å². The fourth-order valence-electron chi connectivity index (χ4n) is 4.21. The van der Waals surface area contributed by atoms with Gasteiger partial charge in [0.25, 0.3) is 0 Å². The van der Waals surface area contributed by atoms with Crippen LogP contribution < -0.4 is 4.90 Å². The van der Waals surface area contributed by atoms with E-state index in [1.54, 1.807) is 17.0 Å². The van der Waals surface area contributed by atoms with Crippen molar-refractivity contribution in [3.63, 3.8) is 0 Å². The molecule has 190 valence electrons. The lowest BCUT2D eigenvalue weighted by Gasteiger charge is -2.34. The molecule has 1 aromatic heterocycles. The van der Waals surface area contributed by atoms with E-state index in [9.17, 15) is 13.2 Å². The second kappa shape index (κ2) is 10.9. The van der Waals surface area contributed by atoms with Crippen LogP contribution in [0.4, 0.5) is 5.82 Å². The van der Waals surface area contributed by atoms with Gasteiger partial charge in [-0.25, -0.2) is 18.4 Å². The number of ether oxygens (including phenoxy) is 1. The van der Waals surface area contributed by atoms with Gasteiger partial charge in [0.15, 0.2) is 5.82 Å². The number of carbonyl (C=O) groups excluding carboxylic acids is 1. The Kier molecular flexibility index (Phi) is 7.63. The summed E-state index contributed by atoms with van der Waals surface area (Å²) >= 11 is 7.26. The van der Waals surface area contributed by atoms with Gasteiger partial charge in [0, 0.05) is 44.3 Å². The molecule has 12 heteroatoms. The molecule has 0 radical (unpaired) electrons. The lowest BCUT2D eigenvalue weighted by molar-refractivity contribution is -0.129. The Hall–Kier alpha value is -2.44. The van der Waals surface area contributed by atoms with E-state index in [4.69, 9.17) is 26.3 Å². The van der Waals surface area contributed by atoms with Crippen LogP contribution in [0.2, 0.25) is 5.02 Å². The van der Waals surface area contributed by atoms with Crippen LogP contribution in [0, 0.1) is 0 Å². The molecule has 0 aliphatic carbocycles. The van der Waals surface area contributed by atoms with Gasteiger partial charge in [0.2, 0.25) is 15.9 Å². The van der Waals surface area contributed by atoms with Crippen molar-refractivity contribution in [3.8, 4) is 0 Å². The predicted octanol–water partition coefficient (Wildman–Crippen LogP) is 2.75. The maximum absolute atomic E-state index is 13.0. The summed E-state index contributed by atoms with van der Waals surface area (Å²) in [6.45, 7) is 3.86. The van der Waals surface area contributed by atoms with E-state index in [0.29, 0.717) is 36.4 Å². The fourth-order valence-corrected chi connectivity index (χ4v) is 6.67. The number of aromatic nitrogens is 2. The largest absolute Gasteiger partial charge is 0.378 e. The number of halogens is 1. The molecule has 0 bridgehead atoms. The van der Waals surface area contributed by atoms with Gasteiger partial charge in [0.05, 0.1) is 34.9 Å². The summed E-state index contributed by atoms with van der Waals surface area (Å²) in [5.74, 6) is 0.925. The summed E-state index contributed by atoms with van der Waals surface area (Å²) in [5, 5.41) is 1.20. The van der Waals surface area contributed by atoms with Gasteiger partial charge < -0.3 is 14.5 Å². The molecular formula is C24H26ClN5O4S2. The number of rotatable bonds is 6. The van der Waals surface area contributed by atoms with Gasteiger partial charge in [-0.15, -0.1) is 0 Å². The molecule has 3 aromatic rings. The zero-order chi connectivity index (χ0) is 25.1. The number of fused-ring (bicyclic) bond motifs is 1. The van der Waals surface area contributed by atoms with Gasteiger partial charge in [-0.3, -0.25) is 4.79 Å². The molecule has 9 nitrogen and oxygen atoms in total. The third-order valence-electron chi connectivity index (χ3n) is 6.21. The summed E-state index contributed by atoms with van der Waals surface area (Å²) in [4.78, 5) is 26.7. The number of thioether (sulfide) groups is 1. The summed E-state index contributed by atoms with van der Waals surface area (Å²) in [6, 6.07) is 13.8. The van der Waals surface area contributed by atoms with Crippen molar-refractivity contribution in [1.29, 1.82) is 0 Å². The molecule has 1 amide bonds. The molecule has 36 heavy (non-hydrogen) atoms. The van der Waals surface area contributed by atoms with Crippen LogP contribution in [0.1, 0.15) is 0 Å². The smallest absolute Gasteiger partial charge is 0.243 e. The first kappa shape index (κ1) is 25.2. The first-order valence-corrected chi connectivity index (χ1v) is 14.5. The number of carbonyl (C=O) groups is 1. The Morgan fingerprint density at radius 3 is 2.22 bits per heavy atom. The predicted molar refractivity (Wildman–Crippen MR) is 140 cm³/mol. The van der Waals surface area contributed by atoms with Crippen molar-refractivity contribution < 1.29 is 17.9 Å². The zero-order valence-corrected chi connectivity index (χ0v) is 21.9. The fraction of sp³-hybridized carbons (Fsp3) is 0.375. The average molecular weight is 548 g/mol. The maximum atomic E-state index is 13.0. The number of piperazine rings is 1. The van der Waals surface area contributed by atoms with Gasteiger partial charge >= 0.3 is 0 Å². The number of anilines is 1. The quantitative estimate of drug-likeness (QED) is 0.435. The van der Waals surface area contributed by atoms with E-state index in [-0.39, 0.29) is 29.6 Å². The molecule has 0 saturated carbocycles. The second-order valence-electron chi connectivity index (χ2n) is 8.47. The molecule has 3 heterocycles. The average Bonchev–Trinajstić information content (AvgIpc) is 2.92. The van der Waals surface area contributed by atoms with E-state index in [1.807, 2.05) is 24.3 Å². The number of sulfonamides is 1. The number of hydrogen-bond donors (Lipinski definition) is 0. The Morgan fingerprint density at radius 1 is 0.917 bits per heavy atom. The summed E-state index contributed by atoms with van der Waals surface area (Å²) < 4.78 is 32.8. The maximum Gasteiger partial charge on any atom is 0.243 e. The summed E-state index contributed by atoms with van der Waals surface area (Å²) in [6.07, 6.45) is 0. The first-order chi connectivity index (χ1) is 17.4. The van der Waals surface area contributed by atoms with Crippen LogP contribution in [0.25, 0.3) is 11.0 Å². The van der Waals surface area contributed by atoms with Gasteiger partial charge in [-0.2, -0.15) is 4.31 Å². The summed E-state index contributed by atoms with van der Waals surface area (Å²) in [5.41, 5.74) is 1.60. The van der Waals surface area contributed by atoms with Gasteiger partial charge in [-0.1, -0.05) is 35.5 Å². The van der Waals surface area contributed by atoms with E-state index < -0.39 is 10.0 Å². The monoisotopic (exact) mass is 547 g/mol. The van der Waals surface area contributed by atoms with E-state index in [0.717, 1.165) is 29.9 Å². The second-order valence-corrected chi connectivity index (χ2v) is 11.8. The standard InChI is InChI=1S/C24H26ClN5O4S2/c25-18-5-7-19(8-6-18)36(32,33)30-11-9-28(10-12-30)22(31)17-35-24-23(29-13-15-34-16-14-29)26-20-3-1-2-4-21(20)27-24/h1-8H,9-17H2. The number of nitrogens with zero attached hydrogens (tertiary/aromatic N) is 5. The van der Waals surface area contributed by atoms with E-state index in [1.165, 1.54) is 28.2 Å². The highest BCUT2D eigenvalue weighted by molar-refractivity contribution is 8.00. The van der Waals surface area contributed by atoms with Crippen molar-refractivity contribution in [2.24, 2.45) is 0 Å². The van der Waals surface area contributed by atoms with Crippen molar-refractivity contribution in [1.82, 2.24) is 19.2 Å². The highest BCUT2D eigenvalue weighted by atomic mass is 35.5. The Bertz CT molecular complexity index is 1340. The normalized spacial score (nSPS) is 17.5. The molecule has 0 unspecified atom stereocenters. The lowest BCUT2D eigenvalue weighted by Crippen LogP contribution is -2.51. The molecule has 5 rings (SSSR count). The molecule has 0 N–H and O–H groups in total. The van der Waals surface area contributed by atoms with E-state index >= 15 is 0 Å². The SMILES string of the molecule is O=C(CSc1nc2ccccc2nc1N1CCOCC1)N1CCN(S(=O)(=O)c2ccc(Cl)cc2)CC1. The third kappa shape index (κ3) is 5.45. The van der Waals surface area contributed by atoms with Crippen LogP contribution in [0.5, 0.6) is 0 Å². The van der Waals surface area contributed by atoms with E-state index in [2.05, 4.69) is 4.90 Å². The van der Waals surface area contributed by atoms with Crippen LogP contribution in [0.15, 0.2) is 58.5 Å². The molecule has 2 aliphatic rings. The number of hydrogen-bond acceptors (Lipinski definition) is 8. The minimum absolute atomic E-state index is 0.0496. The minimum atomic E-state index is -3.62. The molecule has 2 aliphatic heterocycles. The van der Waals surface area contributed by atoms with Crippen LogP contribution in [0.3, 0.4) is 0 Å². The minimum Gasteiger partial charge on any atom is -0.378 e. The van der Waals surface area contributed by atoms with Crippen LogP contribution in [-0.4, -0.2) is 91.7 Å². The number of benzene rings is 2. The first-order valence-electron chi connectivity index (χ1n) is 11.7. The molecule has 2 fully saturated rings. The zero-order valence-electron chi connectivity index (χ0n) is 19.5. The van der Waals surface area contributed by atoms with Crippen molar-refractivity contribution in [2.45, 2.75) is 9.92 Å². The third-order valence-corrected chi connectivity index (χ3v) is 9.31. The van der Waals surface area contributed by atoms with Crippen molar-refractivity contribution in [2.75, 3.05) is 63.1 Å². The Balaban J connectivity index is 1.24. The number of morpholine rings is 1. The van der Waals surface area contributed by atoms with Crippen molar-refractivity contribution in [3.05, 3.63) is 53.6 Å². The lowest BCUT2D eigenvalue weighted by atomic mass is 10.3. The topological polar surface area (TPSA) is 95.9 Å². The highest BCUT2D eigenvalue weighted by Crippen LogP contribution is 2.30. The molecule has 2 aromatic carbocycles. The molecule has 0 atom stereocenters.